The van der Waals surface area contributed by atoms with E-state index >= 15 is 0 Å². The summed E-state index contributed by atoms with van der Waals surface area (Å²) in [5.41, 5.74) is 0.769. The lowest BCUT2D eigenvalue weighted by atomic mass is 9.87. The van der Waals surface area contributed by atoms with Crippen molar-refractivity contribution in [2.24, 2.45) is 0 Å². The van der Waals surface area contributed by atoms with E-state index in [1.54, 1.807) is 19.2 Å². The third-order valence-electron chi connectivity index (χ3n) is 4.22. The van der Waals surface area contributed by atoms with Crippen LogP contribution in [0.3, 0.4) is 0 Å². The molecule has 0 fully saturated rings. The van der Waals surface area contributed by atoms with Crippen molar-refractivity contribution in [1.29, 1.82) is 0 Å². The molecule has 2 aromatic rings. The van der Waals surface area contributed by atoms with Crippen LogP contribution in [0.4, 0.5) is 24.7 Å². The van der Waals surface area contributed by atoms with Crippen LogP contribution in [-0.4, -0.2) is 23.6 Å². The lowest BCUT2D eigenvalue weighted by Crippen LogP contribution is -2.20. The van der Waals surface area contributed by atoms with Crippen molar-refractivity contribution in [3.05, 3.63) is 41.6 Å². The SMILES string of the molecule is CCCCOc1ncc(C(F)(F)F)c(N(C)c2ccc(C(C)(C)C)cc2)n1. The number of nitrogens with zero attached hydrogens (tertiary/aromatic N) is 3. The summed E-state index contributed by atoms with van der Waals surface area (Å²) in [6.07, 6.45) is -2.09. The number of anilines is 2. The molecule has 27 heavy (non-hydrogen) atoms. The fraction of sp³-hybridized carbons (Fsp3) is 0.500. The normalized spacial score (nSPS) is 12.1. The van der Waals surface area contributed by atoms with Crippen LogP contribution in [-0.2, 0) is 11.6 Å². The van der Waals surface area contributed by atoms with E-state index in [9.17, 15) is 13.2 Å². The van der Waals surface area contributed by atoms with Gasteiger partial charge in [-0.05, 0) is 29.5 Å². The second-order valence-corrected chi connectivity index (χ2v) is 7.45. The molecule has 0 amide bonds. The van der Waals surface area contributed by atoms with Crippen molar-refractivity contribution in [2.45, 2.75) is 52.1 Å². The van der Waals surface area contributed by atoms with Gasteiger partial charge in [-0.2, -0.15) is 18.2 Å². The first-order valence-electron chi connectivity index (χ1n) is 8.95. The summed E-state index contributed by atoms with van der Waals surface area (Å²) in [5.74, 6) is -0.229. The van der Waals surface area contributed by atoms with Crippen LogP contribution < -0.4 is 9.64 Å². The van der Waals surface area contributed by atoms with Crippen molar-refractivity contribution in [3.8, 4) is 6.01 Å². The van der Waals surface area contributed by atoms with E-state index in [-0.39, 0.29) is 17.2 Å². The maximum absolute atomic E-state index is 13.4. The maximum Gasteiger partial charge on any atom is 0.421 e. The number of halogens is 3. The standard InChI is InChI=1S/C20H26F3N3O/c1-6-7-12-27-18-24-13-16(20(21,22)23)17(25-18)26(5)15-10-8-14(9-11-15)19(2,3)4/h8-11,13H,6-7,12H2,1-5H3. The van der Waals surface area contributed by atoms with E-state index in [4.69, 9.17) is 4.74 Å². The van der Waals surface area contributed by atoms with Gasteiger partial charge in [0, 0.05) is 18.9 Å². The highest BCUT2D eigenvalue weighted by Gasteiger charge is 2.36. The quantitative estimate of drug-likeness (QED) is 0.598. The molecule has 0 unspecified atom stereocenters. The minimum atomic E-state index is -4.56. The van der Waals surface area contributed by atoms with Gasteiger partial charge in [-0.3, -0.25) is 0 Å². The Balaban J connectivity index is 2.39. The molecule has 0 aliphatic rings. The number of unbranched alkanes of at least 4 members (excludes halogenated alkanes) is 1. The maximum atomic E-state index is 13.4. The fourth-order valence-corrected chi connectivity index (χ4v) is 2.50. The Kier molecular flexibility index (Phi) is 6.34. The molecule has 0 aliphatic carbocycles. The first kappa shape index (κ1) is 21.0. The zero-order valence-corrected chi connectivity index (χ0v) is 16.4. The Hall–Kier alpha value is -2.31. The van der Waals surface area contributed by atoms with E-state index in [1.165, 1.54) is 4.90 Å². The molecular weight excluding hydrogens is 355 g/mol. The molecule has 0 aliphatic heterocycles. The van der Waals surface area contributed by atoms with E-state index in [0.717, 1.165) is 24.6 Å². The zero-order valence-electron chi connectivity index (χ0n) is 16.4. The van der Waals surface area contributed by atoms with Gasteiger partial charge in [-0.25, -0.2) is 4.98 Å². The second kappa shape index (κ2) is 8.15. The second-order valence-electron chi connectivity index (χ2n) is 7.45. The molecule has 0 saturated carbocycles. The van der Waals surface area contributed by atoms with E-state index < -0.39 is 11.7 Å². The van der Waals surface area contributed by atoms with Crippen molar-refractivity contribution < 1.29 is 17.9 Å². The van der Waals surface area contributed by atoms with Crippen LogP contribution in [0, 0.1) is 0 Å². The van der Waals surface area contributed by atoms with Crippen molar-refractivity contribution >= 4 is 11.5 Å². The van der Waals surface area contributed by atoms with Crippen molar-refractivity contribution in [3.63, 3.8) is 0 Å². The van der Waals surface area contributed by atoms with Gasteiger partial charge in [0.15, 0.2) is 5.82 Å². The highest BCUT2D eigenvalue weighted by molar-refractivity contribution is 5.63. The van der Waals surface area contributed by atoms with Gasteiger partial charge in [-0.15, -0.1) is 0 Å². The molecule has 148 valence electrons. The van der Waals surface area contributed by atoms with Crippen LogP contribution in [0.5, 0.6) is 6.01 Å². The summed E-state index contributed by atoms with van der Waals surface area (Å²) in [6, 6.07) is 7.36. The molecule has 7 heteroatoms. The van der Waals surface area contributed by atoms with E-state index in [1.807, 2.05) is 19.1 Å². The van der Waals surface area contributed by atoms with Crippen LogP contribution in [0.15, 0.2) is 30.5 Å². The molecule has 0 atom stereocenters. The Morgan fingerprint density at radius 2 is 1.70 bits per heavy atom. The predicted molar refractivity (Wildman–Crippen MR) is 101 cm³/mol. The molecule has 4 nitrogen and oxygen atoms in total. The minimum absolute atomic E-state index is 0.0383. The summed E-state index contributed by atoms with van der Waals surface area (Å²) in [5, 5.41) is 0. The van der Waals surface area contributed by atoms with Crippen LogP contribution in [0.1, 0.15) is 51.7 Å². The lowest BCUT2D eigenvalue weighted by molar-refractivity contribution is -0.137. The number of aromatic nitrogens is 2. The van der Waals surface area contributed by atoms with Crippen molar-refractivity contribution in [2.75, 3.05) is 18.6 Å². The van der Waals surface area contributed by atoms with Gasteiger partial charge in [-0.1, -0.05) is 46.2 Å². The fourth-order valence-electron chi connectivity index (χ4n) is 2.50. The lowest BCUT2D eigenvalue weighted by Gasteiger charge is -2.24. The molecule has 2 rings (SSSR count). The minimum Gasteiger partial charge on any atom is -0.463 e. The number of hydrogen-bond acceptors (Lipinski definition) is 4. The Morgan fingerprint density at radius 1 is 1.07 bits per heavy atom. The number of benzene rings is 1. The molecule has 0 bridgehead atoms. The topological polar surface area (TPSA) is 38.2 Å². The van der Waals surface area contributed by atoms with Crippen LogP contribution >= 0.6 is 0 Å². The smallest absolute Gasteiger partial charge is 0.421 e. The molecule has 1 heterocycles. The summed E-state index contributed by atoms with van der Waals surface area (Å²) in [4.78, 5) is 9.16. The Labute approximate surface area is 158 Å². The monoisotopic (exact) mass is 381 g/mol. The molecule has 0 saturated heterocycles. The highest BCUT2D eigenvalue weighted by atomic mass is 19.4. The van der Waals surface area contributed by atoms with Crippen LogP contribution in [0.2, 0.25) is 0 Å². The molecule has 1 aromatic carbocycles. The van der Waals surface area contributed by atoms with Crippen molar-refractivity contribution in [1.82, 2.24) is 9.97 Å². The number of ether oxygens (including phenoxy) is 1. The molecule has 0 N–H and O–H groups in total. The highest BCUT2D eigenvalue weighted by Crippen LogP contribution is 2.38. The van der Waals surface area contributed by atoms with Gasteiger partial charge in [0.25, 0.3) is 0 Å². The molecular formula is C20H26F3N3O. The predicted octanol–water partition coefficient (Wildman–Crippen LogP) is 5.74. The largest absolute Gasteiger partial charge is 0.463 e. The zero-order chi connectivity index (χ0) is 20.2. The summed E-state index contributed by atoms with van der Waals surface area (Å²) < 4.78 is 45.7. The number of alkyl halides is 3. The van der Waals surface area contributed by atoms with Gasteiger partial charge in [0.1, 0.15) is 5.56 Å². The summed E-state index contributed by atoms with van der Waals surface area (Å²) >= 11 is 0. The first-order chi connectivity index (χ1) is 12.5. The first-order valence-corrected chi connectivity index (χ1v) is 8.95. The third kappa shape index (κ3) is 5.34. The Morgan fingerprint density at radius 3 is 2.22 bits per heavy atom. The van der Waals surface area contributed by atoms with Gasteiger partial charge >= 0.3 is 12.2 Å². The van der Waals surface area contributed by atoms with Gasteiger partial charge < -0.3 is 9.64 Å². The summed E-state index contributed by atoms with van der Waals surface area (Å²) in [7, 11) is 1.56. The third-order valence-corrected chi connectivity index (χ3v) is 4.22. The molecule has 0 spiro atoms. The average Bonchev–Trinajstić information content (AvgIpc) is 2.59. The number of hydrogen-bond donors (Lipinski definition) is 0. The number of rotatable bonds is 6. The van der Waals surface area contributed by atoms with Crippen LogP contribution in [0.25, 0.3) is 0 Å². The molecule has 1 aromatic heterocycles. The van der Waals surface area contributed by atoms with Gasteiger partial charge in [0.05, 0.1) is 6.61 Å². The van der Waals surface area contributed by atoms with E-state index in [2.05, 4.69) is 30.7 Å². The van der Waals surface area contributed by atoms with Gasteiger partial charge in [0.2, 0.25) is 0 Å². The Bertz CT molecular complexity index is 753. The molecule has 0 radical (unpaired) electrons. The average molecular weight is 381 g/mol. The summed E-state index contributed by atoms with van der Waals surface area (Å²) in [6.45, 7) is 8.61. The van der Waals surface area contributed by atoms with E-state index in [0.29, 0.717) is 12.3 Å².